The molecule has 0 aliphatic carbocycles. The van der Waals surface area contributed by atoms with Gasteiger partial charge < -0.3 is 11.1 Å². The fraction of sp³-hybridized carbons (Fsp3) is 0.167. The molecule has 1 aromatic heterocycles. The minimum absolute atomic E-state index is 0.0189. The molecule has 1 unspecified atom stereocenters. The van der Waals surface area contributed by atoms with Crippen molar-refractivity contribution in [2.75, 3.05) is 11.9 Å². The normalized spacial score (nSPS) is 12.1. The Kier molecular flexibility index (Phi) is 3.46. The third kappa shape index (κ3) is 2.55. The Balaban J connectivity index is 2.13. The van der Waals surface area contributed by atoms with E-state index in [2.05, 4.69) is 15.3 Å². The van der Waals surface area contributed by atoms with Gasteiger partial charge in [0, 0.05) is 18.4 Å². The maximum absolute atomic E-state index is 5.73. The summed E-state index contributed by atoms with van der Waals surface area (Å²) in [5.74, 6) is 0. The van der Waals surface area contributed by atoms with Crippen LogP contribution >= 0.6 is 0 Å². The van der Waals surface area contributed by atoms with Crippen LogP contribution in [0.25, 0.3) is 0 Å². The summed E-state index contributed by atoms with van der Waals surface area (Å²) in [4.78, 5) is 8.08. The lowest BCUT2D eigenvalue weighted by Crippen LogP contribution is -2.21. The zero-order valence-corrected chi connectivity index (χ0v) is 8.88. The number of para-hydroxylation sites is 1. The van der Waals surface area contributed by atoms with E-state index in [0.717, 1.165) is 11.4 Å². The summed E-state index contributed by atoms with van der Waals surface area (Å²) in [6.07, 6.45) is 3.25. The Morgan fingerprint density at radius 1 is 1.19 bits per heavy atom. The van der Waals surface area contributed by atoms with E-state index >= 15 is 0 Å². The van der Waals surface area contributed by atoms with Gasteiger partial charge in [-0.2, -0.15) is 0 Å². The van der Waals surface area contributed by atoms with Crippen molar-refractivity contribution in [2.24, 2.45) is 5.73 Å². The van der Waals surface area contributed by atoms with Crippen LogP contribution in [0, 0.1) is 0 Å². The Labute approximate surface area is 94.5 Å². The maximum atomic E-state index is 5.73. The van der Waals surface area contributed by atoms with Gasteiger partial charge in [-0.3, -0.25) is 0 Å². The highest BCUT2D eigenvalue weighted by molar-refractivity contribution is 5.44. The van der Waals surface area contributed by atoms with E-state index in [1.165, 1.54) is 6.33 Å². The molecule has 0 radical (unpaired) electrons. The van der Waals surface area contributed by atoms with Gasteiger partial charge >= 0.3 is 0 Å². The summed E-state index contributed by atoms with van der Waals surface area (Å²) >= 11 is 0. The number of nitrogens with two attached hydrogens (primary N) is 1. The number of nitrogens with one attached hydrogen (secondary N) is 1. The predicted molar refractivity (Wildman–Crippen MR) is 63.9 cm³/mol. The molecule has 0 saturated heterocycles. The summed E-state index contributed by atoms with van der Waals surface area (Å²) in [6, 6.07) is 11.8. The molecule has 16 heavy (non-hydrogen) atoms. The molecule has 1 heterocycles. The van der Waals surface area contributed by atoms with Crippen molar-refractivity contribution in [3.8, 4) is 0 Å². The lowest BCUT2D eigenvalue weighted by molar-refractivity contribution is 0.755. The third-order valence-corrected chi connectivity index (χ3v) is 2.31. The minimum Gasteiger partial charge on any atom is -0.375 e. The van der Waals surface area contributed by atoms with E-state index in [9.17, 15) is 0 Å². The van der Waals surface area contributed by atoms with E-state index in [0.29, 0.717) is 6.54 Å². The molecular weight excluding hydrogens is 200 g/mol. The monoisotopic (exact) mass is 214 g/mol. The Morgan fingerprint density at radius 2 is 2.00 bits per heavy atom. The number of anilines is 1. The molecule has 0 bridgehead atoms. The molecule has 0 spiro atoms. The number of rotatable bonds is 4. The van der Waals surface area contributed by atoms with Crippen LogP contribution in [0.2, 0.25) is 0 Å². The highest BCUT2D eigenvalue weighted by atomic mass is 15.0. The SMILES string of the molecule is NCC(Nc1ccccc1)c1ccncn1. The standard InChI is InChI=1S/C12H14N4/c13-8-12(11-6-7-14-9-15-11)16-10-4-2-1-3-5-10/h1-7,9,12,16H,8,13H2. The number of benzene rings is 1. The molecule has 2 rings (SSSR count). The molecule has 0 aliphatic heterocycles. The van der Waals surface area contributed by atoms with Gasteiger partial charge in [-0.15, -0.1) is 0 Å². The molecule has 0 saturated carbocycles. The second-order valence-electron chi connectivity index (χ2n) is 3.43. The van der Waals surface area contributed by atoms with Crippen molar-refractivity contribution in [1.82, 2.24) is 9.97 Å². The smallest absolute Gasteiger partial charge is 0.115 e. The Bertz CT molecular complexity index is 416. The maximum Gasteiger partial charge on any atom is 0.115 e. The van der Waals surface area contributed by atoms with Crippen LogP contribution in [0.1, 0.15) is 11.7 Å². The average Bonchev–Trinajstić information content (AvgIpc) is 2.38. The van der Waals surface area contributed by atoms with Gasteiger partial charge in [-0.1, -0.05) is 18.2 Å². The van der Waals surface area contributed by atoms with Crippen LogP contribution < -0.4 is 11.1 Å². The molecule has 0 amide bonds. The third-order valence-electron chi connectivity index (χ3n) is 2.31. The van der Waals surface area contributed by atoms with Crippen LogP contribution in [0.4, 0.5) is 5.69 Å². The van der Waals surface area contributed by atoms with Crippen LogP contribution in [-0.2, 0) is 0 Å². The van der Waals surface area contributed by atoms with Crippen LogP contribution in [0.15, 0.2) is 48.9 Å². The second-order valence-corrected chi connectivity index (χ2v) is 3.43. The summed E-state index contributed by atoms with van der Waals surface area (Å²) in [7, 11) is 0. The van der Waals surface area contributed by atoms with Gasteiger partial charge in [0.2, 0.25) is 0 Å². The quantitative estimate of drug-likeness (QED) is 0.811. The van der Waals surface area contributed by atoms with Crippen molar-refractivity contribution in [2.45, 2.75) is 6.04 Å². The van der Waals surface area contributed by atoms with Gasteiger partial charge in [0.15, 0.2) is 0 Å². The Morgan fingerprint density at radius 3 is 2.62 bits per heavy atom. The van der Waals surface area contributed by atoms with Crippen molar-refractivity contribution in [1.29, 1.82) is 0 Å². The first kappa shape index (κ1) is 10.6. The van der Waals surface area contributed by atoms with E-state index in [1.54, 1.807) is 6.20 Å². The molecule has 3 N–H and O–H groups in total. The van der Waals surface area contributed by atoms with E-state index in [4.69, 9.17) is 5.73 Å². The molecule has 4 heteroatoms. The van der Waals surface area contributed by atoms with Crippen molar-refractivity contribution in [3.05, 3.63) is 54.6 Å². The summed E-state index contributed by atoms with van der Waals surface area (Å²) < 4.78 is 0. The fourth-order valence-corrected chi connectivity index (χ4v) is 1.50. The molecule has 4 nitrogen and oxygen atoms in total. The molecule has 0 fully saturated rings. The van der Waals surface area contributed by atoms with Gasteiger partial charge in [0.25, 0.3) is 0 Å². The topological polar surface area (TPSA) is 63.8 Å². The average molecular weight is 214 g/mol. The van der Waals surface area contributed by atoms with Gasteiger partial charge in [0.1, 0.15) is 6.33 Å². The van der Waals surface area contributed by atoms with E-state index < -0.39 is 0 Å². The molecule has 82 valence electrons. The fourth-order valence-electron chi connectivity index (χ4n) is 1.50. The number of aromatic nitrogens is 2. The number of hydrogen-bond acceptors (Lipinski definition) is 4. The first-order valence-electron chi connectivity index (χ1n) is 5.17. The zero-order chi connectivity index (χ0) is 11.2. The minimum atomic E-state index is 0.0189. The van der Waals surface area contributed by atoms with E-state index in [1.807, 2.05) is 36.4 Å². The van der Waals surface area contributed by atoms with Gasteiger partial charge in [-0.25, -0.2) is 9.97 Å². The molecule has 1 aromatic carbocycles. The zero-order valence-electron chi connectivity index (χ0n) is 8.88. The summed E-state index contributed by atoms with van der Waals surface area (Å²) in [5.41, 5.74) is 7.67. The van der Waals surface area contributed by atoms with Crippen molar-refractivity contribution < 1.29 is 0 Å². The van der Waals surface area contributed by atoms with Gasteiger partial charge in [-0.05, 0) is 18.2 Å². The van der Waals surface area contributed by atoms with Crippen LogP contribution in [0.5, 0.6) is 0 Å². The Hall–Kier alpha value is -1.94. The number of hydrogen-bond donors (Lipinski definition) is 2. The van der Waals surface area contributed by atoms with Crippen LogP contribution in [0.3, 0.4) is 0 Å². The molecule has 2 aromatic rings. The largest absolute Gasteiger partial charge is 0.375 e. The number of nitrogens with zero attached hydrogens (tertiary/aromatic N) is 2. The van der Waals surface area contributed by atoms with Crippen molar-refractivity contribution >= 4 is 5.69 Å². The van der Waals surface area contributed by atoms with Gasteiger partial charge in [0.05, 0.1) is 11.7 Å². The molecule has 0 aliphatic rings. The lowest BCUT2D eigenvalue weighted by Gasteiger charge is -2.17. The summed E-state index contributed by atoms with van der Waals surface area (Å²) in [6.45, 7) is 0.492. The van der Waals surface area contributed by atoms with Crippen LogP contribution in [-0.4, -0.2) is 16.5 Å². The highest BCUT2D eigenvalue weighted by Gasteiger charge is 2.09. The lowest BCUT2D eigenvalue weighted by atomic mass is 10.2. The molecule has 1 atom stereocenters. The summed E-state index contributed by atoms with van der Waals surface area (Å²) in [5, 5.41) is 3.33. The van der Waals surface area contributed by atoms with E-state index in [-0.39, 0.29) is 6.04 Å². The predicted octanol–water partition coefficient (Wildman–Crippen LogP) is 1.59. The molecular formula is C12H14N4. The first-order chi connectivity index (χ1) is 7.90. The highest BCUT2D eigenvalue weighted by Crippen LogP contribution is 2.15. The first-order valence-corrected chi connectivity index (χ1v) is 5.17. The second kappa shape index (κ2) is 5.23. The van der Waals surface area contributed by atoms with Crippen molar-refractivity contribution in [3.63, 3.8) is 0 Å².